The predicted molar refractivity (Wildman–Crippen MR) is 150 cm³/mol. The van der Waals surface area contributed by atoms with Crippen LogP contribution in [-0.4, -0.2) is 35.7 Å². The van der Waals surface area contributed by atoms with Gasteiger partial charge in [-0.3, -0.25) is 14.5 Å². The van der Waals surface area contributed by atoms with Crippen molar-refractivity contribution in [3.05, 3.63) is 66.2 Å². The van der Waals surface area contributed by atoms with Crippen LogP contribution in [0.3, 0.4) is 0 Å². The Balaban J connectivity index is 1.19. The molecule has 2 aromatic rings. The quantitative estimate of drug-likeness (QED) is 0.430. The van der Waals surface area contributed by atoms with Gasteiger partial charge in [0, 0.05) is 12.5 Å². The molecule has 6 heteroatoms. The Hall–Kier alpha value is -3.15. The molecule has 2 N–H and O–H groups in total. The second-order valence-corrected chi connectivity index (χ2v) is 11.4. The van der Waals surface area contributed by atoms with E-state index in [1.807, 2.05) is 60.7 Å². The summed E-state index contributed by atoms with van der Waals surface area (Å²) < 4.78 is 5.68. The molecule has 1 atom stereocenters. The van der Waals surface area contributed by atoms with Crippen LogP contribution in [0, 0.1) is 17.8 Å². The maximum atomic E-state index is 14.0. The molecule has 38 heavy (non-hydrogen) atoms. The lowest BCUT2D eigenvalue weighted by Gasteiger charge is -2.32. The normalized spacial score (nSPS) is 26.3. The molecule has 1 heterocycles. The zero-order valence-electron chi connectivity index (χ0n) is 22.4. The second-order valence-electron chi connectivity index (χ2n) is 11.4. The number of Topliss-reactive ketones (excluding diaryl/α,β-unsaturated/α-hetero) is 1. The van der Waals surface area contributed by atoms with Crippen molar-refractivity contribution < 1.29 is 14.3 Å². The summed E-state index contributed by atoms with van der Waals surface area (Å²) in [6.07, 6.45) is 11.6. The van der Waals surface area contributed by atoms with Crippen LogP contribution in [-0.2, 0) is 15.1 Å². The maximum Gasteiger partial charge on any atom is 0.261 e. The van der Waals surface area contributed by atoms with Gasteiger partial charge in [0.15, 0.2) is 17.3 Å². The Bertz CT molecular complexity index is 1110. The average Bonchev–Trinajstić information content (AvgIpc) is 3.22. The summed E-state index contributed by atoms with van der Waals surface area (Å²) in [5.74, 6) is 2.26. The van der Waals surface area contributed by atoms with Crippen LogP contribution in [0.4, 0.5) is 0 Å². The van der Waals surface area contributed by atoms with Gasteiger partial charge in [0.1, 0.15) is 12.4 Å². The van der Waals surface area contributed by atoms with E-state index >= 15 is 0 Å². The van der Waals surface area contributed by atoms with E-state index in [1.54, 1.807) is 4.90 Å². The monoisotopic (exact) mass is 515 g/mol. The zero-order valence-corrected chi connectivity index (χ0v) is 22.4. The number of rotatable bonds is 10. The molecule has 3 aliphatic rings. The Morgan fingerprint density at radius 3 is 2.24 bits per heavy atom. The SMILES string of the molecule is NC1=NC(CCC2CCCCC2)(c2ccccc2)C(=O)N1CC1CCC(C(=O)COc2ccccc2)CC1. The van der Waals surface area contributed by atoms with E-state index in [4.69, 9.17) is 15.5 Å². The van der Waals surface area contributed by atoms with Crippen LogP contribution in [0.5, 0.6) is 5.75 Å². The van der Waals surface area contributed by atoms with Gasteiger partial charge in [-0.05, 0) is 68.1 Å². The third-order valence-electron chi connectivity index (χ3n) is 8.94. The number of para-hydroxylation sites is 1. The van der Waals surface area contributed by atoms with Crippen molar-refractivity contribution in [1.82, 2.24) is 4.90 Å². The van der Waals surface area contributed by atoms with E-state index in [1.165, 1.54) is 32.1 Å². The predicted octanol–water partition coefficient (Wildman–Crippen LogP) is 5.85. The van der Waals surface area contributed by atoms with Crippen LogP contribution >= 0.6 is 0 Å². The van der Waals surface area contributed by atoms with Crippen LogP contribution in [0.25, 0.3) is 0 Å². The molecule has 0 radical (unpaired) electrons. The lowest BCUT2D eigenvalue weighted by Crippen LogP contribution is -2.46. The van der Waals surface area contributed by atoms with Crippen molar-refractivity contribution >= 4 is 17.6 Å². The third-order valence-corrected chi connectivity index (χ3v) is 8.94. The van der Waals surface area contributed by atoms with E-state index in [0.29, 0.717) is 30.8 Å². The fraction of sp³-hybridized carbons (Fsp3) is 0.531. The highest BCUT2D eigenvalue weighted by Gasteiger charge is 2.49. The number of benzene rings is 2. The van der Waals surface area contributed by atoms with Crippen molar-refractivity contribution in [3.63, 3.8) is 0 Å². The van der Waals surface area contributed by atoms with Gasteiger partial charge in [-0.25, -0.2) is 4.99 Å². The average molecular weight is 516 g/mol. The molecule has 0 aromatic heterocycles. The largest absolute Gasteiger partial charge is 0.486 e. The molecule has 0 saturated heterocycles. The van der Waals surface area contributed by atoms with Gasteiger partial charge in [0.05, 0.1) is 0 Å². The number of hydrogen-bond acceptors (Lipinski definition) is 5. The Morgan fingerprint density at radius 2 is 1.55 bits per heavy atom. The number of carbonyl (C=O) groups is 2. The van der Waals surface area contributed by atoms with Crippen LogP contribution in [0.1, 0.15) is 76.2 Å². The van der Waals surface area contributed by atoms with Gasteiger partial charge in [-0.1, -0.05) is 80.6 Å². The Kier molecular flexibility index (Phi) is 8.45. The molecule has 2 aromatic carbocycles. The number of ketones is 1. The van der Waals surface area contributed by atoms with Crippen molar-refractivity contribution in [2.45, 2.75) is 76.2 Å². The summed E-state index contributed by atoms with van der Waals surface area (Å²) in [6, 6.07) is 19.5. The van der Waals surface area contributed by atoms with Gasteiger partial charge in [-0.2, -0.15) is 0 Å². The van der Waals surface area contributed by atoms with Crippen LogP contribution in [0.2, 0.25) is 0 Å². The molecular weight excluding hydrogens is 474 g/mol. The number of guanidine groups is 1. The van der Waals surface area contributed by atoms with Crippen molar-refractivity contribution in [3.8, 4) is 5.75 Å². The minimum absolute atomic E-state index is 0.0199. The molecule has 1 amide bonds. The highest BCUT2D eigenvalue weighted by molar-refractivity contribution is 6.07. The fourth-order valence-corrected chi connectivity index (χ4v) is 6.62. The standard InChI is InChI=1S/C32H41N3O3/c33-31-34-32(27-12-6-2-7-13-27,21-20-24-10-4-1-5-11-24)30(37)35(31)22-25-16-18-26(19-17-25)29(36)23-38-28-14-8-3-9-15-28/h2-3,6-9,12-15,24-26H,1,4-5,10-11,16-23H2,(H2,33,34). The molecule has 1 aliphatic heterocycles. The molecule has 0 bridgehead atoms. The first-order valence-corrected chi connectivity index (χ1v) is 14.5. The molecule has 0 spiro atoms. The van der Waals surface area contributed by atoms with E-state index in [0.717, 1.165) is 43.4 Å². The number of amides is 1. The molecule has 2 saturated carbocycles. The second kappa shape index (κ2) is 12.1. The highest BCUT2D eigenvalue weighted by atomic mass is 16.5. The summed E-state index contributed by atoms with van der Waals surface area (Å²) in [6.45, 7) is 0.692. The first-order valence-electron chi connectivity index (χ1n) is 14.5. The fourth-order valence-electron chi connectivity index (χ4n) is 6.62. The Labute approximate surface area is 226 Å². The highest BCUT2D eigenvalue weighted by Crippen LogP contribution is 2.41. The lowest BCUT2D eigenvalue weighted by molar-refractivity contribution is -0.133. The first kappa shape index (κ1) is 26.5. The van der Waals surface area contributed by atoms with Gasteiger partial charge in [0.25, 0.3) is 5.91 Å². The minimum atomic E-state index is -0.912. The zero-order chi connectivity index (χ0) is 26.4. The number of nitrogens with two attached hydrogens (primary N) is 1. The number of nitrogens with zero attached hydrogens (tertiary/aromatic N) is 2. The van der Waals surface area contributed by atoms with Crippen LogP contribution in [0.15, 0.2) is 65.7 Å². The first-order chi connectivity index (χ1) is 18.5. The van der Waals surface area contributed by atoms with Crippen molar-refractivity contribution in [2.75, 3.05) is 13.2 Å². The number of ether oxygens (including phenoxy) is 1. The van der Waals surface area contributed by atoms with Crippen LogP contribution < -0.4 is 10.5 Å². The molecule has 2 aliphatic carbocycles. The summed E-state index contributed by atoms with van der Waals surface area (Å²) in [4.78, 5) is 33.4. The maximum absolute atomic E-state index is 14.0. The van der Waals surface area contributed by atoms with Crippen molar-refractivity contribution in [2.24, 2.45) is 28.5 Å². The minimum Gasteiger partial charge on any atom is -0.486 e. The number of hydrogen-bond donors (Lipinski definition) is 1. The van der Waals surface area contributed by atoms with E-state index in [9.17, 15) is 9.59 Å². The van der Waals surface area contributed by atoms with E-state index in [-0.39, 0.29) is 24.2 Å². The third kappa shape index (κ3) is 5.95. The molecule has 2 fully saturated rings. The summed E-state index contributed by atoms with van der Waals surface area (Å²) >= 11 is 0. The van der Waals surface area contributed by atoms with Gasteiger partial charge in [-0.15, -0.1) is 0 Å². The smallest absolute Gasteiger partial charge is 0.261 e. The molecular formula is C32H41N3O3. The van der Waals surface area contributed by atoms with Gasteiger partial charge >= 0.3 is 0 Å². The van der Waals surface area contributed by atoms with E-state index in [2.05, 4.69) is 0 Å². The van der Waals surface area contributed by atoms with Gasteiger partial charge in [0.2, 0.25) is 0 Å². The summed E-state index contributed by atoms with van der Waals surface area (Å²) in [7, 11) is 0. The molecule has 6 nitrogen and oxygen atoms in total. The lowest BCUT2D eigenvalue weighted by atomic mass is 9.78. The van der Waals surface area contributed by atoms with Gasteiger partial charge < -0.3 is 10.5 Å². The summed E-state index contributed by atoms with van der Waals surface area (Å²) in [5.41, 5.74) is 6.49. The topological polar surface area (TPSA) is 85.0 Å². The Morgan fingerprint density at radius 1 is 0.895 bits per heavy atom. The number of aliphatic imine (C=N–C) groups is 1. The summed E-state index contributed by atoms with van der Waals surface area (Å²) in [5, 5.41) is 0. The molecule has 5 rings (SSSR count). The molecule has 1 unspecified atom stereocenters. The molecule has 202 valence electrons. The van der Waals surface area contributed by atoms with Crippen molar-refractivity contribution in [1.29, 1.82) is 0 Å². The number of carbonyl (C=O) groups excluding carboxylic acids is 2. The van der Waals surface area contributed by atoms with E-state index < -0.39 is 5.54 Å².